The number of non-ortho nitro benzene ring substituents is 1. The molecule has 2 aromatic carbocycles. The smallest absolute Gasteiger partial charge is 0.343 e. The van der Waals surface area contributed by atoms with Crippen LogP contribution in [0.25, 0.3) is 0 Å². The largest absolute Gasteiger partial charge is 0.421 e. The molecule has 0 bridgehead atoms. The molecule has 7 nitrogen and oxygen atoms in total. The van der Waals surface area contributed by atoms with Crippen LogP contribution in [-0.4, -0.2) is 19.3 Å². The van der Waals surface area contributed by atoms with Gasteiger partial charge in [-0.2, -0.15) is 8.42 Å². The van der Waals surface area contributed by atoms with Gasteiger partial charge in [0.15, 0.2) is 5.75 Å². The van der Waals surface area contributed by atoms with Gasteiger partial charge in [0, 0.05) is 18.2 Å². The lowest BCUT2D eigenvalue weighted by atomic mass is 10.2. The van der Waals surface area contributed by atoms with Crippen LogP contribution < -0.4 is 4.74 Å². The Bertz CT molecular complexity index is 930. The highest BCUT2D eigenvalue weighted by Crippen LogP contribution is 2.34. The Morgan fingerprint density at radius 1 is 1.12 bits per heavy atom. The average Bonchev–Trinajstić information content (AvgIpc) is 2.49. The average molecular weight is 394 g/mol. The Kier molecular flexibility index (Phi) is 5.07. The predicted molar refractivity (Wildman–Crippen MR) is 82.8 cm³/mol. The van der Waals surface area contributed by atoms with E-state index >= 15 is 0 Å². The lowest BCUT2D eigenvalue weighted by Crippen LogP contribution is -2.09. The molecule has 0 atom stereocenters. The molecule has 0 saturated heterocycles. The van der Waals surface area contributed by atoms with E-state index in [-0.39, 0.29) is 22.0 Å². The van der Waals surface area contributed by atoms with Crippen LogP contribution in [0.1, 0.15) is 10.4 Å². The second-order valence-electron chi connectivity index (χ2n) is 4.34. The van der Waals surface area contributed by atoms with Crippen LogP contribution in [0.3, 0.4) is 0 Å². The zero-order valence-electron chi connectivity index (χ0n) is 11.4. The van der Waals surface area contributed by atoms with E-state index in [1.54, 1.807) is 0 Å². The molecule has 0 aliphatic carbocycles. The standard InChI is InChI=1S/C13H6Cl2FNO6S/c14-9-6-12(24(16,21)22)10(15)5-11(9)23-13(18)7-1-3-8(4-2-7)17(19)20/h1-6H. The fourth-order valence-electron chi connectivity index (χ4n) is 1.65. The van der Waals surface area contributed by atoms with E-state index in [4.69, 9.17) is 27.9 Å². The summed E-state index contributed by atoms with van der Waals surface area (Å²) in [6, 6.07) is 6.11. The van der Waals surface area contributed by atoms with Gasteiger partial charge in [-0.1, -0.05) is 23.2 Å². The molecule has 0 unspecified atom stereocenters. The Labute approximate surface area is 144 Å². The number of hydrogen-bond donors (Lipinski definition) is 0. The summed E-state index contributed by atoms with van der Waals surface area (Å²) in [6.07, 6.45) is 0. The molecule has 2 aromatic rings. The zero-order valence-corrected chi connectivity index (χ0v) is 13.7. The third-order valence-electron chi connectivity index (χ3n) is 2.77. The van der Waals surface area contributed by atoms with Crippen molar-refractivity contribution in [3.63, 3.8) is 0 Å². The maximum absolute atomic E-state index is 13.0. The number of carbonyl (C=O) groups excluding carboxylic acids is 1. The molecule has 0 amide bonds. The van der Waals surface area contributed by atoms with Crippen LogP contribution in [-0.2, 0) is 10.2 Å². The van der Waals surface area contributed by atoms with Crippen molar-refractivity contribution in [3.05, 3.63) is 62.1 Å². The lowest BCUT2D eigenvalue weighted by Gasteiger charge is -2.08. The van der Waals surface area contributed by atoms with E-state index in [1.165, 1.54) is 0 Å². The molecule has 0 N–H and O–H groups in total. The van der Waals surface area contributed by atoms with Crippen molar-refractivity contribution >= 4 is 45.1 Å². The minimum Gasteiger partial charge on any atom is -0.421 e. The van der Waals surface area contributed by atoms with Crippen LogP contribution in [0, 0.1) is 10.1 Å². The minimum absolute atomic E-state index is 0.0185. The van der Waals surface area contributed by atoms with Gasteiger partial charge in [-0.3, -0.25) is 10.1 Å². The predicted octanol–water partition coefficient (Wildman–Crippen LogP) is 3.78. The first-order valence-electron chi connectivity index (χ1n) is 6.00. The summed E-state index contributed by atoms with van der Waals surface area (Å²) in [4.78, 5) is 21.0. The lowest BCUT2D eigenvalue weighted by molar-refractivity contribution is -0.384. The highest BCUT2D eigenvalue weighted by atomic mass is 35.5. The van der Waals surface area contributed by atoms with E-state index in [1.807, 2.05) is 0 Å². The van der Waals surface area contributed by atoms with E-state index in [0.717, 1.165) is 30.3 Å². The first kappa shape index (κ1) is 18.1. The second kappa shape index (κ2) is 6.71. The van der Waals surface area contributed by atoms with Crippen molar-refractivity contribution in [3.8, 4) is 5.75 Å². The van der Waals surface area contributed by atoms with Gasteiger partial charge in [-0.15, -0.1) is 3.89 Å². The Balaban J connectivity index is 2.29. The van der Waals surface area contributed by atoms with Crippen LogP contribution in [0.4, 0.5) is 9.57 Å². The van der Waals surface area contributed by atoms with Gasteiger partial charge in [0.2, 0.25) is 0 Å². The summed E-state index contributed by atoms with van der Waals surface area (Å²) in [5.74, 6) is -1.21. The van der Waals surface area contributed by atoms with Gasteiger partial charge in [0.1, 0.15) is 4.90 Å². The number of nitrogens with zero attached hydrogens (tertiary/aromatic N) is 1. The molecule has 0 aliphatic heterocycles. The number of nitro benzene ring substituents is 1. The number of esters is 1. The molecular formula is C13H6Cl2FNO6S. The zero-order chi connectivity index (χ0) is 18.1. The Morgan fingerprint density at radius 2 is 1.71 bits per heavy atom. The van der Waals surface area contributed by atoms with Crippen molar-refractivity contribution in [2.24, 2.45) is 0 Å². The quantitative estimate of drug-likeness (QED) is 0.257. The number of benzene rings is 2. The molecular weight excluding hydrogens is 388 g/mol. The molecule has 0 saturated carbocycles. The van der Waals surface area contributed by atoms with Crippen molar-refractivity contribution in [1.29, 1.82) is 0 Å². The topological polar surface area (TPSA) is 104 Å². The summed E-state index contributed by atoms with van der Waals surface area (Å²) in [6.45, 7) is 0. The van der Waals surface area contributed by atoms with Crippen LogP contribution in [0.5, 0.6) is 5.75 Å². The highest BCUT2D eigenvalue weighted by Gasteiger charge is 2.21. The van der Waals surface area contributed by atoms with Gasteiger partial charge in [0.05, 0.1) is 20.5 Å². The van der Waals surface area contributed by atoms with Crippen LogP contribution in [0.15, 0.2) is 41.3 Å². The van der Waals surface area contributed by atoms with Gasteiger partial charge < -0.3 is 4.74 Å². The third kappa shape index (κ3) is 3.99. The van der Waals surface area contributed by atoms with E-state index in [0.29, 0.717) is 6.07 Å². The third-order valence-corrected chi connectivity index (χ3v) is 4.35. The van der Waals surface area contributed by atoms with Gasteiger partial charge in [0.25, 0.3) is 5.69 Å². The molecule has 0 fully saturated rings. The van der Waals surface area contributed by atoms with Crippen molar-refractivity contribution in [2.75, 3.05) is 0 Å². The monoisotopic (exact) mass is 393 g/mol. The van der Waals surface area contributed by atoms with E-state index in [2.05, 4.69) is 0 Å². The summed E-state index contributed by atoms with van der Waals surface area (Å²) in [5, 5.41) is 9.67. The van der Waals surface area contributed by atoms with Crippen molar-refractivity contribution in [1.82, 2.24) is 0 Å². The number of ether oxygens (including phenoxy) is 1. The molecule has 0 spiro atoms. The van der Waals surface area contributed by atoms with Gasteiger partial charge in [-0.25, -0.2) is 4.79 Å². The normalized spacial score (nSPS) is 11.1. The summed E-state index contributed by atoms with van der Waals surface area (Å²) >= 11 is 11.4. The Hall–Kier alpha value is -2.23. The summed E-state index contributed by atoms with van der Waals surface area (Å²) in [5.41, 5.74) is -0.236. The summed E-state index contributed by atoms with van der Waals surface area (Å²) < 4.78 is 39.7. The second-order valence-corrected chi connectivity index (χ2v) is 6.47. The maximum Gasteiger partial charge on any atom is 0.343 e. The molecule has 24 heavy (non-hydrogen) atoms. The molecule has 11 heteroatoms. The molecule has 2 rings (SSSR count). The first-order chi connectivity index (χ1) is 11.1. The first-order valence-corrected chi connectivity index (χ1v) is 8.14. The molecule has 126 valence electrons. The molecule has 0 aliphatic rings. The number of rotatable bonds is 4. The number of carbonyl (C=O) groups is 1. The highest BCUT2D eigenvalue weighted by molar-refractivity contribution is 7.86. The minimum atomic E-state index is -5.09. The number of hydrogen-bond acceptors (Lipinski definition) is 6. The van der Waals surface area contributed by atoms with E-state index < -0.39 is 31.0 Å². The number of halogens is 3. The van der Waals surface area contributed by atoms with E-state index in [9.17, 15) is 27.2 Å². The maximum atomic E-state index is 13.0. The molecule has 0 aromatic heterocycles. The van der Waals surface area contributed by atoms with Crippen LogP contribution >= 0.6 is 23.2 Å². The van der Waals surface area contributed by atoms with Crippen molar-refractivity contribution in [2.45, 2.75) is 4.90 Å². The SMILES string of the molecule is O=C(Oc1cc(Cl)c(S(=O)(=O)F)cc1Cl)c1ccc([N+](=O)[O-])cc1. The number of nitro groups is 1. The van der Waals surface area contributed by atoms with Crippen molar-refractivity contribution < 1.29 is 26.8 Å². The summed E-state index contributed by atoms with van der Waals surface area (Å²) in [7, 11) is -5.09. The fraction of sp³-hybridized carbons (Fsp3) is 0. The van der Waals surface area contributed by atoms with Gasteiger partial charge >= 0.3 is 16.2 Å². The Morgan fingerprint density at radius 3 is 2.21 bits per heavy atom. The van der Waals surface area contributed by atoms with Gasteiger partial charge in [-0.05, 0) is 18.2 Å². The molecule has 0 radical (unpaired) electrons. The van der Waals surface area contributed by atoms with Crippen LogP contribution in [0.2, 0.25) is 10.0 Å². The fourth-order valence-corrected chi connectivity index (χ4v) is 2.90. The molecule has 0 heterocycles.